The first-order chi connectivity index (χ1) is 12.0. The zero-order chi connectivity index (χ0) is 17.8. The fourth-order valence-corrected chi connectivity index (χ4v) is 3.81. The minimum Gasteiger partial charge on any atom is -0.481 e. The molecule has 130 valence electrons. The van der Waals surface area contributed by atoms with Crippen LogP contribution in [0.5, 0.6) is 17.2 Å². The van der Waals surface area contributed by atoms with Crippen molar-refractivity contribution in [2.75, 3.05) is 13.4 Å². The number of hydrogen-bond acceptors (Lipinski definition) is 5. The smallest absolute Gasteiger partial charge is 0.277 e. The molecule has 8 heteroatoms. The summed E-state index contributed by atoms with van der Waals surface area (Å²) in [5, 5.41) is 3.91. The van der Waals surface area contributed by atoms with Gasteiger partial charge in [0.25, 0.3) is 5.91 Å². The van der Waals surface area contributed by atoms with Gasteiger partial charge < -0.3 is 14.2 Å². The Balaban J connectivity index is 1.53. The second-order valence-electron chi connectivity index (χ2n) is 5.25. The van der Waals surface area contributed by atoms with E-state index < -0.39 is 0 Å². The molecule has 0 saturated heterocycles. The molecular formula is C17H14Br2N2O4. The van der Waals surface area contributed by atoms with E-state index in [0.29, 0.717) is 17.2 Å². The highest BCUT2D eigenvalue weighted by Crippen LogP contribution is 2.34. The molecule has 0 atom stereocenters. The summed E-state index contributed by atoms with van der Waals surface area (Å²) in [7, 11) is 0. The largest absolute Gasteiger partial charge is 0.481 e. The maximum Gasteiger partial charge on any atom is 0.277 e. The molecule has 1 N–H and O–H groups in total. The zero-order valence-electron chi connectivity index (χ0n) is 13.2. The Morgan fingerprint density at radius 1 is 1.24 bits per heavy atom. The van der Waals surface area contributed by atoms with Gasteiger partial charge in [-0.2, -0.15) is 5.10 Å². The first-order valence-electron chi connectivity index (χ1n) is 7.33. The van der Waals surface area contributed by atoms with Crippen molar-refractivity contribution >= 4 is 44.0 Å². The number of amides is 1. The molecule has 25 heavy (non-hydrogen) atoms. The van der Waals surface area contributed by atoms with Gasteiger partial charge in [-0.05, 0) is 80.2 Å². The van der Waals surface area contributed by atoms with Gasteiger partial charge in [-0.25, -0.2) is 5.43 Å². The topological polar surface area (TPSA) is 69.2 Å². The van der Waals surface area contributed by atoms with Gasteiger partial charge in [-0.1, -0.05) is 0 Å². The normalized spacial score (nSPS) is 12.4. The third-order valence-corrected chi connectivity index (χ3v) is 4.47. The molecule has 2 aromatic carbocycles. The second kappa shape index (κ2) is 7.88. The third kappa shape index (κ3) is 4.52. The van der Waals surface area contributed by atoms with Gasteiger partial charge in [0.1, 0.15) is 5.75 Å². The van der Waals surface area contributed by atoms with Crippen molar-refractivity contribution in [3.63, 3.8) is 0 Å². The first-order valence-corrected chi connectivity index (χ1v) is 8.91. The van der Waals surface area contributed by atoms with E-state index in [4.69, 9.17) is 14.2 Å². The van der Waals surface area contributed by atoms with Crippen LogP contribution in [0.2, 0.25) is 0 Å². The molecular weight excluding hydrogens is 456 g/mol. The first kappa shape index (κ1) is 17.8. The maximum absolute atomic E-state index is 11.9. The Labute approximate surface area is 161 Å². The number of carbonyl (C=O) groups excluding carboxylic acids is 1. The number of fused-ring (bicyclic) bond motifs is 1. The second-order valence-corrected chi connectivity index (χ2v) is 6.96. The summed E-state index contributed by atoms with van der Waals surface area (Å²) in [5.41, 5.74) is 4.28. The van der Waals surface area contributed by atoms with E-state index in [0.717, 1.165) is 20.1 Å². The van der Waals surface area contributed by atoms with Crippen LogP contribution in [0.4, 0.5) is 0 Å². The number of rotatable bonds is 5. The van der Waals surface area contributed by atoms with Crippen LogP contribution < -0.4 is 19.6 Å². The van der Waals surface area contributed by atoms with Gasteiger partial charge in [-0.3, -0.25) is 4.79 Å². The molecule has 3 rings (SSSR count). The maximum atomic E-state index is 11.9. The molecule has 0 radical (unpaired) electrons. The number of ether oxygens (including phenoxy) is 3. The van der Waals surface area contributed by atoms with Crippen LogP contribution in [0.1, 0.15) is 11.1 Å². The number of nitrogens with zero attached hydrogens (tertiary/aromatic N) is 1. The highest BCUT2D eigenvalue weighted by molar-refractivity contribution is 9.11. The van der Waals surface area contributed by atoms with Gasteiger partial charge in [-0.15, -0.1) is 0 Å². The molecule has 0 bridgehead atoms. The predicted octanol–water partition coefficient (Wildman–Crippen LogP) is 3.78. The fourth-order valence-electron chi connectivity index (χ4n) is 2.17. The number of hydrogen-bond donors (Lipinski definition) is 1. The van der Waals surface area contributed by atoms with Crippen molar-refractivity contribution in [3.8, 4) is 17.2 Å². The average molecular weight is 470 g/mol. The molecule has 0 unspecified atom stereocenters. The summed E-state index contributed by atoms with van der Waals surface area (Å²) in [4.78, 5) is 11.9. The summed E-state index contributed by atoms with van der Waals surface area (Å²) in [6.45, 7) is 2.03. The van der Waals surface area contributed by atoms with Crippen LogP contribution in [-0.4, -0.2) is 25.5 Å². The monoisotopic (exact) mass is 468 g/mol. The van der Waals surface area contributed by atoms with Crippen LogP contribution in [0.3, 0.4) is 0 Å². The minimum atomic E-state index is -0.364. The molecule has 0 saturated carbocycles. The highest BCUT2D eigenvalue weighted by atomic mass is 79.9. The third-order valence-electron chi connectivity index (χ3n) is 3.29. The molecule has 0 fully saturated rings. The summed E-state index contributed by atoms with van der Waals surface area (Å²) in [6, 6.07) is 9.22. The van der Waals surface area contributed by atoms with E-state index in [1.165, 1.54) is 6.21 Å². The molecule has 1 aliphatic heterocycles. The van der Waals surface area contributed by atoms with E-state index >= 15 is 0 Å². The van der Waals surface area contributed by atoms with Gasteiger partial charge >= 0.3 is 0 Å². The van der Waals surface area contributed by atoms with Crippen LogP contribution in [0.25, 0.3) is 0 Å². The Morgan fingerprint density at radius 2 is 1.96 bits per heavy atom. The lowest BCUT2D eigenvalue weighted by Gasteiger charge is -2.10. The summed E-state index contributed by atoms with van der Waals surface area (Å²) >= 11 is 6.83. The van der Waals surface area contributed by atoms with Gasteiger partial charge in [0.15, 0.2) is 18.1 Å². The Morgan fingerprint density at radius 3 is 2.72 bits per heavy atom. The molecule has 1 aliphatic rings. The number of benzene rings is 2. The van der Waals surface area contributed by atoms with Crippen molar-refractivity contribution in [2.24, 2.45) is 5.10 Å². The lowest BCUT2D eigenvalue weighted by Crippen LogP contribution is -2.24. The van der Waals surface area contributed by atoms with Gasteiger partial charge in [0, 0.05) is 0 Å². The van der Waals surface area contributed by atoms with Crippen molar-refractivity contribution in [1.29, 1.82) is 0 Å². The van der Waals surface area contributed by atoms with Gasteiger partial charge in [0.05, 0.1) is 15.2 Å². The van der Waals surface area contributed by atoms with E-state index in [1.807, 2.05) is 25.1 Å². The van der Waals surface area contributed by atoms with Crippen molar-refractivity contribution < 1.29 is 19.0 Å². The Kier molecular flexibility index (Phi) is 5.60. The molecule has 0 spiro atoms. The molecule has 2 aromatic rings. The van der Waals surface area contributed by atoms with E-state index in [9.17, 15) is 4.79 Å². The van der Waals surface area contributed by atoms with E-state index in [2.05, 4.69) is 42.4 Å². The van der Waals surface area contributed by atoms with Crippen molar-refractivity contribution in [2.45, 2.75) is 6.92 Å². The number of nitrogens with one attached hydrogen (secondary N) is 1. The molecule has 6 nitrogen and oxygen atoms in total. The minimum absolute atomic E-state index is 0.154. The summed E-state index contributed by atoms with van der Waals surface area (Å²) in [6.07, 6.45) is 1.53. The Hall–Kier alpha value is -2.06. The number of carbonyl (C=O) groups is 1. The quantitative estimate of drug-likeness (QED) is 0.534. The lowest BCUT2D eigenvalue weighted by molar-refractivity contribution is -0.123. The predicted molar refractivity (Wildman–Crippen MR) is 100 cm³/mol. The summed E-state index contributed by atoms with van der Waals surface area (Å²) in [5.74, 6) is 1.56. The van der Waals surface area contributed by atoms with Crippen LogP contribution in [0.15, 0.2) is 44.4 Å². The molecule has 1 heterocycles. The zero-order valence-corrected chi connectivity index (χ0v) is 16.4. The van der Waals surface area contributed by atoms with Crippen LogP contribution in [0, 0.1) is 6.92 Å². The molecule has 0 aliphatic carbocycles. The Bertz CT molecular complexity index is 816. The van der Waals surface area contributed by atoms with Gasteiger partial charge in [0.2, 0.25) is 6.79 Å². The average Bonchev–Trinajstić information content (AvgIpc) is 3.01. The fraction of sp³-hybridized carbons (Fsp3) is 0.176. The lowest BCUT2D eigenvalue weighted by atomic mass is 10.2. The van der Waals surface area contributed by atoms with E-state index in [1.54, 1.807) is 12.1 Å². The van der Waals surface area contributed by atoms with Crippen molar-refractivity contribution in [1.82, 2.24) is 5.43 Å². The number of aryl methyl sites for hydroxylation is 1. The number of hydrazone groups is 1. The standard InChI is InChI=1S/C17H14Br2N2O4/c1-10-4-12(18)17(13(19)5-10)23-8-16(22)21-20-7-11-2-3-14-15(6-11)25-9-24-14/h2-7H,8-9H2,1H3,(H,21,22)/b20-7+. The van der Waals surface area contributed by atoms with Crippen LogP contribution in [-0.2, 0) is 4.79 Å². The molecule has 0 aromatic heterocycles. The summed E-state index contributed by atoms with van der Waals surface area (Å²) < 4.78 is 17.6. The van der Waals surface area contributed by atoms with Crippen LogP contribution >= 0.6 is 31.9 Å². The molecule has 1 amide bonds. The number of halogens is 2. The van der Waals surface area contributed by atoms with Crippen molar-refractivity contribution in [3.05, 3.63) is 50.4 Å². The van der Waals surface area contributed by atoms with E-state index in [-0.39, 0.29) is 19.3 Å². The SMILES string of the molecule is Cc1cc(Br)c(OCC(=O)N/N=C/c2ccc3c(c2)OCO3)c(Br)c1. The highest BCUT2D eigenvalue weighted by Gasteiger charge is 2.13.